The van der Waals surface area contributed by atoms with E-state index in [-0.39, 0.29) is 35.9 Å². The molecule has 0 aliphatic carbocycles. The fourth-order valence-electron chi connectivity index (χ4n) is 2.03. The van der Waals surface area contributed by atoms with Crippen LogP contribution in [0.2, 0.25) is 0 Å². The van der Waals surface area contributed by atoms with Crippen LogP contribution in [0, 0.1) is 5.92 Å². The number of guanidine groups is 1. The molecular formula is C17H23IN4O3. The van der Waals surface area contributed by atoms with Crippen molar-refractivity contribution >= 4 is 35.9 Å². The van der Waals surface area contributed by atoms with Crippen LogP contribution >= 0.6 is 24.0 Å². The molecule has 136 valence electrons. The largest absolute Gasteiger partial charge is 0.469 e. The minimum absolute atomic E-state index is 0. The molecule has 0 fully saturated rings. The molecule has 0 amide bonds. The second kappa shape index (κ2) is 10.7. The summed E-state index contributed by atoms with van der Waals surface area (Å²) in [6, 6.07) is 9.70. The number of hydrogen-bond acceptors (Lipinski definition) is 5. The summed E-state index contributed by atoms with van der Waals surface area (Å²) in [6.07, 6.45) is 1.61. The molecule has 1 heterocycles. The van der Waals surface area contributed by atoms with Gasteiger partial charge in [-0.2, -0.15) is 0 Å². The normalized spacial score (nSPS) is 12.0. The maximum atomic E-state index is 11.4. The maximum absolute atomic E-state index is 11.4. The van der Waals surface area contributed by atoms with Crippen molar-refractivity contribution in [2.75, 3.05) is 20.7 Å². The maximum Gasteiger partial charge on any atom is 0.310 e. The van der Waals surface area contributed by atoms with Gasteiger partial charge in [0.25, 0.3) is 0 Å². The SMILES string of the molecule is CN=C(NCc1coc(-c2ccccc2)n1)NCC(C)C(=O)OC.I. The molecule has 0 spiro atoms. The number of carbonyl (C=O) groups is 1. The highest BCUT2D eigenvalue weighted by Gasteiger charge is 2.13. The molecule has 0 saturated carbocycles. The average molecular weight is 458 g/mol. The molecule has 7 nitrogen and oxygen atoms in total. The molecule has 2 rings (SSSR count). The van der Waals surface area contributed by atoms with Crippen LogP contribution in [0.4, 0.5) is 0 Å². The summed E-state index contributed by atoms with van der Waals surface area (Å²) in [5.41, 5.74) is 1.69. The number of halogens is 1. The molecule has 2 aromatic rings. The molecule has 0 aliphatic heterocycles. The molecule has 8 heteroatoms. The van der Waals surface area contributed by atoms with Gasteiger partial charge in [0, 0.05) is 19.2 Å². The van der Waals surface area contributed by atoms with Crippen molar-refractivity contribution in [3.8, 4) is 11.5 Å². The highest BCUT2D eigenvalue weighted by molar-refractivity contribution is 14.0. The van der Waals surface area contributed by atoms with Gasteiger partial charge in [0.1, 0.15) is 6.26 Å². The fourth-order valence-corrected chi connectivity index (χ4v) is 2.03. The van der Waals surface area contributed by atoms with Gasteiger partial charge in [-0.25, -0.2) is 4.98 Å². The Morgan fingerprint density at radius 1 is 1.32 bits per heavy atom. The summed E-state index contributed by atoms with van der Waals surface area (Å²) in [5, 5.41) is 6.20. The molecule has 1 atom stereocenters. The van der Waals surface area contributed by atoms with Crippen LogP contribution in [0.15, 0.2) is 46.0 Å². The number of aromatic nitrogens is 1. The Bertz CT molecular complexity index is 688. The van der Waals surface area contributed by atoms with Crippen LogP contribution < -0.4 is 10.6 Å². The van der Waals surface area contributed by atoms with E-state index in [1.165, 1.54) is 7.11 Å². The molecule has 1 unspecified atom stereocenters. The van der Waals surface area contributed by atoms with Crippen molar-refractivity contribution in [1.82, 2.24) is 15.6 Å². The first-order chi connectivity index (χ1) is 11.6. The monoisotopic (exact) mass is 458 g/mol. The lowest BCUT2D eigenvalue weighted by atomic mass is 10.2. The number of hydrogen-bond donors (Lipinski definition) is 2. The third-order valence-electron chi connectivity index (χ3n) is 3.41. The van der Waals surface area contributed by atoms with E-state index in [9.17, 15) is 4.79 Å². The Balaban J connectivity index is 0.00000312. The number of esters is 1. The highest BCUT2D eigenvalue weighted by atomic mass is 127. The first kappa shape index (κ1) is 20.9. The standard InChI is InChI=1S/C17H22N4O3.HI/c1-12(16(22)23-3)9-19-17(18-2)20-10-14-11-24-15(21-14)13-7-5-4-6-8-13;/h4-8,11-12H,9-10H2,1-3H3,(H2,18,19,20);1H. The summed E-state index contributed by atoms with van der Waals surface area (Å²) in [6.45, 7) is 2.68. The topological polar surface area (TPSA) is 88.8 Å². The average Bonchev–Trinajstić information content (AvgIpc) is 3.10. The van der Waals surface area contributed by atoms with Gasteiger partial charge in [-0.15, -0.1) is 24.0 Å². The first-order valence-electron chi connectivity index (χ1n) is 7.66. The Morgan fingerprint density at radius 3 is 2.68 bits per heavy atom. The second-order valence-electron chi connectivity index (χ2n) is 5.24. The van der Waals surface area contributed by atoms with Crippen LogP contribution in [0.25, 0.3) is 11.5 Å². The number of nitrogens with one attached hydrogen (secondary N) is 2. The van der Waals surface area contributed by atoms with Crippen molar-refractivity contribution < 1.29 is 13.9 Å². The predicted octanol–water partition coefficient (Wildman–Crippen LogP) is 2.43. The summed E-state index contributed by atoms with van der Waals surface area (Å²) in [4.78, 5) is 19.9. The number of aliphatic imine (C=N–C) groups is 1. The number of benzene rings is 1. The summed E-state index contributed by atoms with van der Waals surface area (Å²) >= 11 is 0. The molecule has 0 aliphatic rings. The quantitative estimate of drug-likeness (QED) is 0.299. The minimum Gasteiger partial charge on any atom is -0.469 e. The van der Waals surface area contributed by atoms with Gasteiger partial charge in [-0.3, -0.25) is 9.79 Å². The summed E-state index contributed by atoms with van der Waals surface area (Å²) in [5.74, 6) is 0.636. The van der Waals surface area contributed by atoms with Crippen LogP contribution in [-0.4, -0.2) is 37.6 Å². The number of rotatable bonds is 6. The van der Waals surface area contributed by atoms with Gasteiger partial charge in [0.15, 0.2) is 5.96 Å². The molecule has 1 aromatic heterocycles. The van der Waals surface area contributed by atoms with E-state index in [2.05, 4.69) is 20.6 Å². The van der Waals surface area contributed by atoms with E-state index in [0.29, 0.717) is 24.9 Å². The summed E-state index contributed by atoms with van der Waals surface area (Å²) < 4.78 is 10.2. The highest BCUT2D eigenvalue weighted by Crippen LogP contribution is 2.17. The Hall–Kier alpha value is -2.10. The fraction of sp³-hybridized carbons (Fsp3) is 0.353. The lowest BCUT2D eigenvalue weighted by molar-refractivity contribution is -0.144. The van der Waals surface area contributed by atoms with Crippen LogP contribution in [0.3, 0.4) is 0 Å². The summed E-state index contributed by atoms with van der Waals surface area (Å²) in [7, 11) is 3.04. The molecule has 0 bridgehead atoms. The predicted molar refractivity (Wildman–Crippen MR) is 107 cm³/mol. The van der Waals surface area contributed by atoms with Crippen molar-refractivity contribution in [3.05, 3.63) is 42.3 Å². The van der Waals surface area contributed by atoms with Gasteiger partial charge < -0.3 is 19.8 Å². The van der Waals surface area contributed by atoms with Crippen molar-refractivity contribution in [1.29, 1.82) is 0 Å². The van der Waals surface area contributed by atoms with Gasteiger partial charge in [0.2, 0.25) is 5.89 Å². The molecule has 2 N–H and O–H groups in total. The zero-order chi connectivity index (χ0) is 17.4. The van der Waals surface area contributed by atoms with Gasteiger partial charge in [-0.05, 0) is 12.1 Å². The number of methoxy groups -OCH3 is 1. The number of ether oxygens (including phenoxy) is 1. The molecule has 25 heavy (non-hydrogen) atoms. The van der Waals surface area contributed by atoms with Gasteiger partial charge in [0.05, 0.1) is 25.3 Å². The van der Waals surface area contributed by atoms with Crippen molar-refractivity contribution in [3.63, 3.8) is 0 Å². The van der Waals surface area contributed by atoms with Crippen molar-refractivity contribution in [2.45, 2.75) is 13.5 Å². The van der Waals surface area contributed by atoms with E-state index in [0.717, 1.165) is 11.3 Å². The number of carbonyl (C=O) groups excluding carboxylic acids is 1. The van der Waals surface area contributed by atoms with Gasteiger partial charge in [-0.1, -0.05) is 25.1 Å². The third kappa shape index (κ3) is 6.37. The Morgan fingerprint density at radius 2 is 2.04 bits per heavy atom. The Kier molecular flexibility index (Phi) is 8.96. The zero-order valence-electron chi connectivity index (χ0n) is 14.5. The molecule has 0 saturated heterocycles. The third-order valence-corrected chi connectivity index (χ3v) is 3.41. The second-order valence-corrected chi connectivity index (χ2v) is 5.24. The van der Waals surface area contributed by atoms with E-state index < -0.39 is 0 Å². The number of oxazole rings is 1. The van der Waals surface area contributed by atoms with Crippen LogP contribution in [0.1, 0.15) is 12.6 Å². The Labute approximate surface area is 164 Å². The van der Waals surface area contributed by atoms with E-state index in [1.807, 2.05) is 30.3 Å². The van der Waals surface area contributed by atoms with E-state index >= 15 is 0 Å². The lowest BCUT2D eigenvalue weighted by Crippen LogP contribution is -2.40. The molecular weight excluding hydrogens is 435 g/mol. The van der Waals surface area contributed by atoms with E-state index in [1.54, 1.807) is 20.2 Å². The van der Waals surface area contributed by atoms with Crippen LogP contribution in [-0.2, 0) is 16.1 Å². The number of nitrogens with zero attached hydrogens (tertiary/aromatic N) is 2. The molecule has 1 aromatic carbocycles. The van der Waals surface area contributed by atoms with E-state index in [4.69, 9.17) is 9.15 Å². The first-order valence-corrected chi connectivity index (χ1v) is 7.66. The van der Waals surface area contributed by atoms with Gasteiger partial charge >= 0.3 is 5.97 Å². The smallest absolute Gasteiger partial charge is 0.310 e. The minimum atomic E-state index is -0.262. The van der Waals surface area contributed by atoms with Crippen LogP contribution in [0.5, 0.6) is 0 Å². The lowest BCUT2D eigenvalue weighted by Gasteiger charge is -2.13. The van der Waals surface area contributed by atoms with Crippen molar-refractivity contribution in [2.24, 2.45) is 10.9 Å². The zero-order valence-corrected chi connectivity index (χ0v) is 16.8. The molecule has 0 radical (unpaired) electrons.